The SMILES string of the molecule is CCCNC(=O)C(Cc1ccccc1)N(Cc1ccccc1C)C(=O)COc1ccc(Br)c(C)c1. The van der Waals surface area contributed by atoms with Gasteiger partial charge in [0.25, 0.3) is 5.91 Å². The standard InChI is InChI=1S/C29H33BrN2O3/c1-4-16-31-29(34)27(18-23-11-6-5-7-12-23)32(19-24-13-9-8-10-21(24)2)28(33)20-35-25-14-15-26(30)22(3)17-25/h5-15,17,27H,4,16,18-20H2,1-3H3,(H,31,34). The first-order valence-electron chi connectivity index (χ1n) is 11.9. The molecule has 0 aliphatic carbocycles. The first-order chi connectivity index (χ1) is 16.9. The first kappa shape index (κ1) is 26.5. The summed E-state index contributed by atoms with van der Waals surface area (Å²) in [7, 11) is 0. The molecule has 0 aliphatic heterocycles. The normalized spacial score (nSPS) is 11.5. The van der Waals surface area contributed by atoms with Gasteiger partial charge in [0.05, 0.1) is 0 Å². The highest BCUT2D eigenvalue weighted by Crippen LogP contribution is 2.22. The minimum absolute atomic E-state index is 0.153. The number of rotatable bonds is 11. The van der Waals surface area contributed by atoms with Crippen molar-refractivity contribution in [1.29, 1.82) is 0 Å². The average molecular weight is 537 g/mol. The average Bonchev–Trinajstić information content (AvgIpc) is 2.86. The number of carbonyl (C=O) groups is 2. The Hall–Kier alpha value is -3.12. The molecular weight excluding hydrogens is 504 g/mol. The third-order valence-electron chi connectivity index (χ3n) is 5.91. The molecule has 3 aromatic rings. The van der Waals surface area contributed by atoms with Crippen LogP contribution in [0, 0.1) is 13.8 Å². The van der Waals surface area contributed by atoms with Crippen LogP contribution >= 0.6 is 15.9 Å². The van der Waals surface area contributed by atoms with Gasteiger partial charge in [-0.25, -0.2) is 0 Å². The first-order valence-corrected chi connectivity index (χ1v) is 12.7. The molecule has 0 radical (unpaired) electrons. The third-order valence-corrected chi connectivity index (χ3v) is 6.80. The maximum atomic E-state index is 13.6. The second kappa shape index (κ2) is 13.1. The van der Waals surface area contributed by atoms with Crippen LogP contribution in [0.25, 0.3) is 0 Å². The maximum Gasteiger partial charge on any atom is 0.261 e. The largest absolute Gasteiger partial charge is 0.484 e. The molecule has 3 rings (SSSR count). The molecule has 0 saturated carbocycles. The summed E-state index contributed by atoms with van der Waals surface area (Å²) < 4.78 is 6.85. The quantitative estimate of drug-likeness (QED) is 0.346. The fraction of sp³-hybridized carbons (Fsp3) is 0.310. The second-order valence-corrected chi connectivity index (χ2v) is 9.50. The molecule has 0 heterocycles. The van der Waals surface area contributed by atoms with Crippen LogP contribution in [0.3, 0.4) is 0 Å². The molecule has 1 N–H and O–H groups in total. The Morgan fingerprint density at radius 2 is 1.69 bits per heavy atom. The molecule has 3 aromatic carbocycles. The predicted octanol–water partition coefficient (Wildman–Crippen LogP) is 5.61. The highest BCUT2D eigenvalue weighted by Gasteiger charge is 2.30. The second-order valence-electron chi connectivity index (χ2n) is 8.64. The monoisotopic (exact) mass is 536 g/mol. The van der Waals surface area contributed by atoms with E-state index in [-0.39, 0.29) is 18.4 Å². The number of ether oxygens (including phenoxy) is 1. The van der Waals surface area contributed by atoms with E-state index in [0.29, 0.717) is 25.3 Å². The Morgan fingerprint density at radius 3 is 2.37 bits per heavy atom. The van der Waals surface area contributed by atoms with E-state index in [9.17, 15) is 9.59 Å². The molecule has 0 bridgehead atoms. The van der Waals surface area contributed by atoms with Crippen LogP contribution in [-0.4, -0.2) is 35.9 Å². The van der Waals surface area contributed by atoms with Crippen molar-refractivity contribution in [3.05, 3.63) is 99.5 Å². The van der Waals surface area contributed by atoms with Gasteiger partial charge in [0, 0.05) is 24.0 Å². The molecule has 0 aliphatic rings. The van der Waals surface area contributed by atoms with Crippen molar-refractivity contribution < 1.29 is 14.3 Å². The minimum Gasteiger partial charge on any atom is -0.484 e. The predicted molar refractivity (Wildman–Crippen MR) is 143 cm³/mol. The van der Waals surface area contributed by atoms with Gasteiger partial charge >= 0.3 is 0 Å². The molecule has 1 atom stereocenters. The Balaban J connectivity index is 1.90. The molecule has 6 heteroatoms. The Bertz CT molecular complexity index is 1130. The lowest BCUT2D eigenvalue weighted by Gasteiger charge is -2.32. The summed E-state index contributed by atoms with van der Waals surface area (Å²) in [5.41, 5.74) is 4.09. The van der Waals surface area contributed by atoms with Crippen LogP contribution in [-0.2, 0) is 22.6 Å². The van der Waals surface area contributed by atoms with E-state index in [0.717, 1.165) is 33.1 Å². The van der Waals surface area contributed by atoms with Gasteiger partial charge in [0.1, 0.15) is 11.8 Å². The number of amides is 2. The number of nitrogens with one attached hydrogen (secondary N) is 1. The fourth-order valence-electron chi connectivity index (χ4n) is 3.83. The smallest absolute Gasteiger partial charge is 0.261 e. The lowest BCUT2D eigenvalue weighted by Crippen LogP contribution is -2.51. The van der Waals surface area contributed by atoms with Crippen LogP contribution in [0.2, 0.25) is 0 Å². The van der Waals surface area contributed by atoms with E-state index < -0.39 is 6.04 Å². The van der Waals surface area contributed by atoms with Crippen LogP contribution < -0.4 is 10.1 Å². The van der Waals surface area contributed by atoms with E-state index in [1.54, 1.807) is 4.90 Å². The molecule has 184 valence electrons. The Morgan fingerprint density at radius 1 is 0.971 bits per heavy atom. The lowest BCUT2D eigenvalue weighted by atomic mass is 10.0. The summed E-state index contributed by atoms with van der Waals surface area (Å²) in [5, 5.41) is 3.00. The van der Waals surface area contributed by atoms with Gasteiger partial charge in [0.2, 0.25) is 5.91 Å². The van der Waals surface area contributed by atoms with Crippen molar-refractivity contribution in [1.82, 2.24) is 10.2 Å². The molecule has 1 unspecified atom stereocenters. The molecule has 0 saturated heterocycles. The zero-order valence-electron chi connectivity index (χ0n) is 20.6. The zero-order chi connectivity index (χ0) is 25.2. The van der Waals surface area contributed by atoms with E-state index in [2.05, 4.69) is 21.2 Å². The number of carbonyl (C=O) groups excluding carboxylic acids is 2. The summed E-state index contributed by atoms with van der Waals surface area (Å²) in [6.07, 6.45) is 1.24. The summed E-state index contributed by atoms with van der Waals surface area (Å²) in [4.78, 5) is 28.6. The molecule has 0 spiro atoms. The molecule has 5 nitrogen and oxygen atoms in total. The van der Waals surface area contributed by atoms with Crippen molar-refractivity contribution in [3.63, 3.8) is 0 Å². The van der Waals surface area contributed by atoms with Crippen molar-refractivity contribution in [2.24, 2.45) is 0 Å². The van der Waals surface area contributed by atoms with E-state index in [1.807, 2.05) is 93.6 Å². The van der Waals surface area contributed by atoms with Gasteiger partial charge in [0.15, 0.2) is 6.61 Å². The Kier molecular flexibility index (Phi) is 9.91. The number of hydrogen-bond acceptors (Lipinski definition) is 3. The van der Waals surface area contributed by atoms with Crippen LogP contribution in [0.15, 0.2) is 77.3 Å². The highest BCUT2D eigenvalue weighted by molar-refractivity contribution is 9.10. The van der Waals surface area contributed by atoms with Crippen molar-refractivity contribution in [2.75, 3.05) is 13.2 Å². The minimum atomic E-state index is -0.661. The van der Waals surface area contributed by atoms with Gasteiger partial charge < -0.3 is 15.0 Å². The highest BCUT2D eigenvalue weighted by atomic mass is 79.9. The fourth-order valence-corrected chi connectivity index (χ4v) is 4.07. The summed E-state index contributed by atoms with van der Waals surface area (Å²) >= 11 is 3.49. The number of nitrogens with zero attached hydrogens (tertiary/aromatic N) is 1. The molecular formula is C29H33BrN2O3. The van der Waals surface area contributed by atoms with Crippen LogP contribution in [0.4, 0.5) is 0 Å². The maximum absolute atomic E-state index is 13.6. The van der Waals surface area contributed by atoms with Gasteiger partial charge in [-0.15, -0.1) is 0 Å². The number of aryl methyl sites for hydroxylation is 2. The van der Waals surface area contributed by atoms with E-state index in [4.69, 9.17) is 4.74 Å². The van der Waals surface area contributed by atoms with E-state index >= 15 is 0 Å². The zero-order valence-corrected chi connectivity index (χ0v) is 22.2. The van der Waals surface area contributed by atoms with Gasteiger partial charge in [-0.2, -0.15) is 0 Å². The summed E-state index contributed by atoms with van der Waals surface area (Å²) in [6, 6.07) is 22.7. The van der Waals surface area contributed by atoms with Crippen LogP contribution in [0.1, 0.15) is 35.6 Å². The molecule has 0 aromatic heterocycles. The van der Waals surface area contributed by atoms with Gasteiger partial charge in [-0.05, 0) is 60.7 Å². The van der Waals surface area contributed by atoms with Crippen molar-refractivity contribution >= 4 is 27.7 Å². The molecule has 0 fully saturated rings. The number of halogens is 1. The van der Waals surface area contributed by atoms with E-state index in [1.165, 1.54) is 0 Å². The van der Waals surface area contributed by atoms with Crippen molar-refractivity contribution in [3.8, 4) is 5.75 Å². The number of hydrogen-bond donors (Lipinski definition) is 1. The number of benzene rings is 3. The third kappa shape index (κ3) is 7.69. The van der Waals surface area contributed by atoms with Crippen molar-refractivity contribution in [2.45, 2.75) is 46.2 Å². The van der Waals surface area contributed by atoms with Gasteiger partial charge in [-0.3, -0.25) is 9.59 Å². The topological polar surface area (TPSA) is 58.6 Å². The molecule has 2 amide bonds. The lowest BCUT2D eigenvalue weighted by molar-refractivity contribution is -0.142. The van der Waals surface area contributed by atoms with Gasteiger partial charge in [-0.1, -0.05) is 77.5 Å². The Labute approximate surface area is 216 Å². The summed E-state index contributed by atoms with van der Waals surface area (Å²) in [6.45, 7) is 6.73. The molecule has 35 heavy (non-hydrogen) atoms. The summed E-state index contributed by atoms with van der Waals surface area (Å²) in [5.74, 6) is 0.225. The van der Waals surface area contributed by atoms with Crippen LogP contribution in [0.5, 0.6) is 5.75 Å².